The summed E-state index contributed by atoms with van der Waals surface area (Å²) in [5.41, 5.74) is 0.536. The van der Waals surface area contributed by atoms with Crippen molar-refractivity contribution in [3.05, 3.63) is 44.8 Å². The predicted molar refractivity (Wildman–Crippen MR) is 44.4 cm³/mol. The highest BCUT2D eigenvalue weighted by molar-refractivity contribution is 9.11. The van der Waals surface area contributed by atoms with Crippen molar-refractivity contribution in [1.82, 2.24) is 5.32 Å². The second-order valence-corrected chi connectivity index (χ2v) is 2.80. The van der Waals surface area contributed by atoms with Crippen LogP contribution in [0.5, 0.6) is 0 Å². The van der Waals surface area contributed by atoms with Crippen molar-refractivity contribution < 1.29 is 4.92 Å². The molecule has 0 fully saturated rings. The van der Waals surface area contributed by atoms with Crippen LogP contribution in [-0.2, 0) is 0 Å². The first-order chi connectivity index (χ1) is 5.11. The number of allylic oxidation sites excluding steroid dienone is 2. The molecule has 58 valence electrons. The third-order valence-electron chi connectivity index (χ3n) is 1.14. The summed E-state index contributed by atoms with van der Waals surface area (Å²) >= 11 is 3.03. The molecule has 1 aliphatic heterocycles. The van der Waals surface area contributed by atoms with E-state index in [9.17, 15) is 10.1 Å². The van der Waals surface area contributed by atoms with Crippen LogP contribution in [0.1, 0.15) is 0 Å². The van der Waals surface area contributed by atoms with Crippen molar-refractivity contribution in [2.45, 2.75) is 0 Å². The van der Waals surface area contributed by atoms with Crippen molar-refractivity contribution in [1.29, 1.82) is 0 Å². The number of dihydropyridines is 1. The summed E-state index contributed by atoms with van der Waals surface area (Å²) in [5, 5.41) is 13.0. The normalized spacial score (nSPS) is 16.6. The number of hydrogen-bond acceptors (Lipinski definition) is 3. The van der Waals surface area contributed by atoms with Crippen molar-refractivity contribution >= 4 is 15.9 Å². The van der Waals surface area contributed by atoms with Gasteiger partial charge in [-0.3, -0.25) is 10.1 Å². The molecule has 0 bridgehead atoms. The molecule has 5 heteroatoms. The zero-order valence-electron chi connectivity index (χ0n) is 5.50. The Kier molecular flexibility index (Phi) is 2.09. The lowest BCUT2D eigenvalue weighted by atomic mass is 10.3. The van der Waals surface area contributed by atoms with Crippen molar-refractivity contribution in [3.8, 4) is 0 Å². The van der Waals surface area contributed by atoms with E-state index in [4.69, 9.17) is 0 Å². The first-order valence-corrected chi connectivity index (χ1v) is 3.58. The van der Waals surface area contributed by atoms with Gasteiger partial charge in [0.1, 0.15) is 4.48 Å². The van der Waals surface area contributed by atoms with E-state index >= 15 is 0 Å². The van der Waals surface area contributed by atoms with Crippen LogP contribution in [0.4, 0.5) is 0 Å². The maximum Gasteiger partial charge on any atom is 0.287 e. The van der Waals surface area contributed by atoms with Gasteiger partial charge < -0.3 is 5.32 Å². The largest absolute Gasteiger partial charge is 0.361 e. The Labute approximate surface area is 71.6 Å². The minimum atomic E-state index is -0.466. The second kappa shape index (κ2) is 2.87. The summed E-state index contributed by atoms with van der Waals surface area (Å²) < 4.78 is 0.426. The van der Waals surface area contributed by atoms with Gasteiger partial charge in [0.2, 0.25) is 0 Å². The van der Waals surface area contributed by atoms with Gasteiger partial charge in [0.05, 0.1) is 4.92 Å². The van der Waals surface area contributed by atoms with Crippen LogP contribution < -0.4 is 5.32 Å². The van der Waals surface area contributed by atoms with Crippen LogP contribution in [0, 0.1) is 10.1 Å². The van der Waals surface area contributed by atoms with Gasteiger partial charge in [-0.25, -0.2) is 0 Å². The summed E-state index contributed by atoms with van der Waals surface area (Å²) in [7, 11) is 0. The molecule has 0 aromatic rings. The van der Waals surface area contributed by atoms with E-state index in [0.29, 0.717) is 10.2 Å². The summed E-state index contributed by atoms with van der Waals surface area (Å²) in [4.78, 5) is 9.84. The first-order valence-electron chi connectivity index (χ1n) is 2.79. The molecule has 0 spiro atoms. The van der Waals surface area contributed by atoms with E-state index in [0.717, 1.165) is 0 Å². The van der Waals surface area contributed by atoms with Gasteiger partial charge >= 0.3 is 0 Å². The molecular formula is C6H5BrN2O2. The Morgan fingerprint density at radius 3 is 2.82 bits per heavy atom. The van der Waals surface area contributed by atoms with Gasteiger partial charge in [-0.05, 0) is 15.9 Å². The molecule has 0 aliphatic carbocycles. The zero-order valence-corrected chi connectivity index (χ0v) is 7.09. The fourth-order valence-electron chi connectivity index (χ4n) is 0.646. The van der Waals surface area contributed by atoms with Gasteiger partial charge in [-0.2, -0.15) is 0 Å². The van der Waals surface area contributed by atoms with Crippen LogP contribution in [0.2, 0.25) is 0 Å². The zero-order chi connectivity index (χ0) is 8.43. The fourth-order valence-corrected chi connectivity index (χ4v) is 1.02. The minimum absolute atomic E-state index is 0.0220. The average molecular weight is 217 g/mol. The highest BCUT2D eigenvalue weighted by Gasteiger charge is 2.17. The Hall–Kier alpha value is -1.10. The topological polar surface area (TPSA) is 55.2 Å². The predicted octanol–water partition coefficient (Wildman–Crippen LogP) is 1.50. The molecule has 4 nitrogen and oxygen atoms in total. The van der Waals surface area contributed by atoms with Crippen LogP contribution >= 0.6 is 15.9 Å². The molecule has 0 saturated heterocycles. The van der Waals surface area contributed by atoms with Gasteiger partial charge in [-0.15, -0.1) is 0 Å². The number of nitrogens with one attached hydrogen (secondary N) is 1. The van der Waals surface area contributed by atoms with E-state index in [1.807, 2.05) is 0 Å². The Balaban J connectivity index is 2.99. The van der Waals surface area contributed by atoms with E-state index in [1.165, 1.54) is 12.3 Å². The Bertz CT molecular complexity index is 280. The summed E-state index contributed by atoms with van der Waals surface area (Å²) in [6.07, 6.45) is 2.85. The van der Waals surface area contributed by atoms with Gasteiger partial charge in [0.15, 0.2) is 0 Å². The van der Waals surface area contributed by atoms with Crippen LogP contribution in [-0.4, -0.2) is 4.92 Å². The molecule has 0 saturated carbocycles. The summed E-state index contributed by atoms with van der Waals surface area (Å²) in [6.45, 7) is 3.52. The number of nitrogens with zero attached hydrogens (tertiary/aromatic N) is 1. The smallest absolute Gasteiger partial charge is 0.287 e. The van der Waals surface area contributed by atoms with Crippen molar-refractivity contribution in [3.63, 3.8) is 0 Å². The van der Waals surface area contributed by atoms with Crippen molar-refractivity contribution in [2.24, 2.45) is 0 Å². The lowest BCUT2D eigenvalue weighted by Crippen LogP contribution is -2.12. The van der Waals surface area contributed by atoms with Gasteiger partial charge in [-0.1, -0.05) is 6.58 Å². The molecule has 0 aromatic heterocycles. The molecule has 0 amide bonds. The molecule has 1 rings (SSSR count). The molecule has 11 heavy (non-hydrogen) atoms. The van der Waals surface area contributed by atoms with Gasteiger partial charge in [0, 0.05) is 18.0 Å². The molecule has 0 atom stereocenters. The van der Waals surface area contributed by atoms with E-state index in [1.54, 1.807) is 0 Å². The standard InChI is InChI=1S/C6H5BrN2O2/c1-4-2-6(9(10)11)5(7)3-8-4/h2-3,8H,1H2. The van der Waals surface area contributed by atoms with Crippen LogP contribution in [0.3, 0.4) is 0 Å². The van der Waals surface area contributed by atoms with Gasteiger partial charge in [0.25, 0.3) is 5.70 Å². The first kappa shape index (κ1) is 8.00. The Morgan fingerprint density at radius 2 is 2.36 bits per heavy atom. The van der Waals surface area contributed by atoms with Crippen LogP contribution in [0.25, 0.3) is 0 Å². The van der Waals surface area contributed by atoms with Crippen molar-refractivity contribution in [2.75, 3.05) is 0 Å². The molecule has 1 aliphatic rings. The molecule has 1 heterocycles. The lowest BCUT2D eigenvalue weighted by molar-refractivity contribution is -0.419. The van der Waals surface area contributed by atoms with E-state index in [-0.39, 0.29) is 5.70 Å². The molecule has 1 N–H and O–H groups in total. The summed E-state index contributed by atoms with van der Waals surface area (Å²) in [5.74, 6) is 0. The quantitative estimate of drug-likeness (QED) is 0.534. The number of halogens is 1. The number of hydrogen-bond donors (Lipinski definition) is 1. The maximum absolute atomic E-state index is 10.3. The molecule has 0 unspecified atom stereocenters. The fraction of sp³-hybridized carbons (Fsp3) is 0. The van der Waals surface area contributed by atoms with Crippen LogP contribution in [0.15, 0.2) is 34.7 Å². The lowest BCUT2D eigenvalue weighted by Gasteiger charge is -2.06. The minimum Gasteiger partial charge on any atom is -0.361 e. The monoisotopic (exact) mass is 216 g/mol. The Morgan fingerprint density at radius 1 is 1.73 bits per heavy atom. The number of rotatable bonds is 1. The highest BCUT2D eigenvalue weighted by atomic mass is 79.9. The summed E-state index contributed by atoms with van der Waals surface area (Å²) in [6, 6.07) is 0. The molecule has 0 aromatic carbocycles. The third-order valence-corrected chi connectivity index (χ3v) is 1.77. The SMILES string of the molecule is C=C1C=C([N+](=O)[O-])C(Br)=CN1. The van der Waals surface area contributed by atoms with E-state index in [2.05, 4.69) is 27.8 Å². The second-order valence-electron chi connectivity index (χ2n) is 1.95. The number of nitro groups is 1. The highest BCUT2D eigenvalue weighted by Crippen LogP contribution is 2.21. The van der Waals surface area contributed by atoms with E-state index < -0.39 is 4.92 Å². The maximum atomic E-state index is 10.3. The third kappa shape index (κ3) is 1.68. The average Bonchev–Trinajstić information content (AvgIpc) is 1.94. The molecular weight excluding hydrogens is 212 g/mol. The molecule has 0 radical (unpaired) electrons.